The Morgan fingerprint density at radius 2 is 2.22 bits per heavy atom. The average molecular weight is 330 g/mol. The molecule has 1 aromatic heterocycles. The molecule has 0 saturated carbocycles. The van der Waals surface area contributed by atoms with E-state index in [1.807, 2.05) is 24.2 Å². The molecule has 1 aliphatic rings. The Hall–Kier alpha value is -2.36. The van der Waals surface area contributed by atoms with Crippen molar-refractivity contribution < 1.29 is 4.79 Å². The van der Waals surface area contributed by atoms with Gasteiger partial charge >= 0.3 is 0 Å². The van der Waals surface area contributed by atoms with Crippen LogP contribution in [0.4, 0.5) is 5.69 Å². The lowest BCUT2D eigenvalue weighted by molar-refractivity contribution is -0.121. The number of hydrogen-bond donors (Lipinski definition) is 0. The lowest BCUT2D eigenvalue weighted by Gasteiger charge is -2.33. The molecule has 0 unspecified atom stereocenters. The molecule has 2 aromatic rings. The Kier molecular flexibility index (Phi) is 4.33. The zero-order chi connectivity index (χ0) is 16.4. The molecule has 6 nitrogen and oxygen atoms in total. The number of carbonyl (C=O) groups is 1. The SMILES string of the molecule is Cn1cc(N2CCN(Cc3ccc(Cl)cc3C#N)CC2=O)cn1. The first-order valence-corrected chi connectivity index (χ1v) is 7.64. The molecule has 0 N–H and O–H groups in total. The van der Waals surface area contributed by atoms with Crippen molar-refractivity contribution in [2.45, 2.75) is 6.54 Å². The lowest BCUT2D eigenvalue weighted by Crippen LogP contribution is -2.50. The number of nitriles is 1. The summed E-state index contributed by atoms with van der Waals surface area (Å²) in [5.41, 5.74) is 2.26. The largest absolute Gasteiger partial charge is 0.307 e. The van der Waals surface area contributed by atoms with Crippen LogP contribution >= 0.6 is 11.6 Å². The Morgan fingerprint density at radius 1 is 1.39 bits per heavy atom. The average Bonchev–Trinajstić information content (AvgIpc) is 2.95. The molecule has 118 valence electrons. The number of hydrogen-bond acceptors (Lipinski definition) is 4. The first-order valence-electron chi connectivity index (χ1n) is 7.26. The first kappa shape index (κ1) is 15.5. The summed E-state index contributed by atoms with van der Waals surface area (Å²) in [5, 5.41) is 13.9. The standard InChI is InChI=1S/C16H16ClN5O/c1-20-10-15(8-19-20)22-5-4-21(11-16(22)23)9-12-2-3-14(17)6-13(12)7-18/h2-3,6,8,10H,4-5,9,11H2,1H3. The number of benzene rings is 1. The molecule has 23 heavy (non-hydrogen) atoms. The minimum atomic E-state index is 0.0386. The van der Waals surface area contributed by atoms with Gasteiger partial charge in [-0.2, -0.15) is 10.4 Å². The number of carbonyl (C=O) groups excluding carboxylic acids is 1. The number of nitrogens with zero attached hydrogens (tertiary/aromatic N) is 5. The third-order valence-corrected chi connectivity index (χ3v) is 4.12. The Labute approximate surface area is 139 Å². The van der Waals surface area contributed by atoms with Crippen molar-refractivity contribution >= 4 is 23.2 Å². The fraction of sp³-hybridized carbons (Fsp3) is 0.312. The van der Waals surface area contributed by atoms with Gasteiger partial charge in [-0.15, -0.1) is 0 Å². The number of aromatic nitrogens is 2. The summed E-state index contributed by atoms with van der Waals surface area (Å²) in [6.07, 6.45) is 3.53. The molecular formula is C16H16ClN5O. The van der Waals surface area contributed by atoms with Gasteiger partial charge < -0.3 is 4.90 Å². The molecule has 0 radical (unpaired) electrons. The zero-order valence-corrected chi connectivity index (χ0v) is 13.5. The van der Waals surface area contributed by atoms with Crippen molar-refractivity contribution in [2.75, 3.05) is 24.5 Å². The lowest BCUT2D eigenvalue weighted by atomic mass is 10.1. The van der Waals surface area contributed by atoms with E-state index in [-0.39, 0.29) is 5.91 Å². The minimum Gasteiger partial charge on any atom is -0.307 e. The van der Waals surface area contributed by atoms with Gasteiger partial charge in [0.1, 0.15) is 0 Å². The second-order valence-electron chi connectivity index (χ2n) is 5.54. The third kappa shape index (κ3) is 3.36. The number of amides is 1. The third-order valence-electron chi connectivity index (χ3n) is 3.89. The number of anilines is 1. The van der Waals surface area contributed by atoms with Crippen LogP contribution in [-0.2, 0) is 18.4 Å². The van der Waals surface area contributed by atoms with E-state index in [9.17, 15) is 10.1 Å². The molecule has 1 saturated heterocycles. The van der Waals surface area contributed by atoms with Gasteiger partial charge in [-0.05, 0) is 17.7 Å². The molecule has 0 spiro atoms. The Balaban J connectivity index is 1.69. The maximum Gasteiger partial charge on any atom is 0.241 e. The van der Waals surface area contributed by atoms with Gasteiger partial charge in [0, 0.05) is 37.9 Å². The molecule has 0 aliphatic carbocycles. The van der Waals surface area contributed by atoms with Gasteiger partial charge in [-0.1, -0.05) is 17.7 Å². The van der Waals surface area contributed by atoms with Gasteiger partial charge in [0.25, 0.3) is 0 Å². The molecule has 3 rings (SSSR count). The zero-order valence-electron chi connectivity index (χ0n) is 12.7. The van der Waals surface area contributed by atoms with Crippen molar-refractivity contribution in [2.24, 2.45) is 7.05 Å². The highest BCUT2D eigenvalue weighted by Gasteiger charge is 2.26. The molecule has 1 aliphatic heterocycles. The topological polar surface area (TPSA) is 65.2 Å². The quantitative estimate of drug-likeness (QED) is 0.861. The van der Waals surface area contributed by atoms with E-state index >= 15 is 0 Å². The van der Waals surface area contributed by atoms with Crippen LogP contribution in [0.25, 0.3) is 0 Å². The summed E-state index contributed by atoms with van der Waals surface area (Å²) < 4.78 is 1.68. The molecule has 0 atom stereocenters. The summed E-state index contributed by atoms with van der Waals surface area (Å²) >= 11 is 5.92. The maximum absolute atomic E-state index is 12.4. The van der Waals surface area contributed by atoms with Crippen LogP contribution in [0.5, 0.6) is 0 Å². The fourth-order valence-corrected chi connectivity index (χ4v) is 2.88. The molecular weight excluding hydrogens is 314 g/mol. The van der Waals surface area contributed by atoms with E-state index in [4.69, 9.17) is 11.6 Å². The van der Waals surface area contributed by atoms with E-state index in [2.05, 4.69) is 11.2 Å². The van der Waals surface area contributed by atoms with E-state index in [0.29, 0.717) is 30.2 Å². The second-order valence-corrected chi connectivity index (χ2v) is 5.98. The second kappa shape index (κ2) is 6.41. The molecule has 1 fully saturated rings. The summed E-state index contributed by atoms with van der Waals surface area (Å²) in [6.45, 7) is 2.24. The summed E-state index contributed by atoms with van der Waals surface area (Å²) in [7, 11) is 1.83. The Bertz CT molecular complexity index is 779. The highest BCUT2D eigenvalue weighted by molar-refractivity contribution is 6.30. The first-order chi connectivity index (χ1) is 11.1. The predicted molar refractivity (Wildman–Crippen MR) is 87.0 cm³/mol. The van der Waals surface area contributed by atoms with Crippen LogP contribution in [0.1, 0.15) is 11.1 Å². The van der Waals surface area contributed by atoms with Crippen LogP contribution in [0, 0.1) is 11.3 Å². The van der Waals surface area contributed by atoms with Gasteiger partial charge in [-0.3, -0.25) is 14.4 Å². The van der Waals surface area contributed by atoms with Crippen LogP contribution < -0.4 is 4.90 Å². The van der Waals surface area contributed by atoms with Crippen LogP contribution in [0.2, 0.25) is 5.02 Å². The monoisotopic (exact) mass is 329 g/mol. The summed E-state index contributed by atoms with van der Waals surface area (Å²) in [5.74, 6) is 0.0386. The fourth-order valence-electron chi connectivity index (χ4n) is 2.71. The number of rotatable bonds is 3. The van der Waals surface area contributed by atoms with Crippen molar-refractivity contribution in [1.82, 2.24) is 14.7 Å². The van der Waals surface area contributed by atoms with E-state index in [1.54, 1.807) is 27.9 Å². The van der Waals surface area contributed by atoms with Crippen LogP contribution in [0.3, 0.4) is 0 Å². The van der Waals surface area contributed by atoms with E-state index in [1.165, 1.54) is 0 Å². The van der Waals surface area contributed by atoms with Crippen molar-refractivity contribution in [1.29, 1.82) is 5.26 Å². The van der Waals surface area contributed by atoms with Crippen molar-refractivity contribution in [3.05, 3.63) is 46.7 Å². The minimum absolute atomic E-state index is 0.0386. The van der Waals surface area contributed by atoms with Crippen molar-refractivity contribution in [3.63, 3.8) is 0 Å². The van der Waals surface area contributed by atoms with Crippen molar-refractivity contribution in [3.8, 4) is 6.07 Å². The van der Waals surface area contributed by atoms with Crippen LogP contribution in [0.15, 0.2) is 30.6 Å². The normalized spacial score (nSPS) is 15.7. The summed E-state index contributed by atoms with van der Waals surface area (Å²) in [6, 6.07) is 7.43. The highest BCUT2D eigenvalue weighted by Crippen LogP contribution is 2.20. The molecule has 2 heterocycles. The maximum atomic E-state index is 12.4. The van der Waals surface area contributed by atoms with Gasteiger partial charge in [0.15, 0.2) is 0 Å². The molecule has 0 bridgehead atoms. The predicted octanol–water partition coefficient (Wildman–Crippen LogP) is 1.79. The number of halogens is 1. The van der Waals surface area contributed by atoms with Gasteiger partial charge in [0.05, 0.1) is 30.1 Å². The highest BCUT2D eigenvalue weighted by atomic mass is 35.5. The van der Waals surface area contributed by atoms with E-state index in [0.717, 1.165) is 17.8 Å². The van der Waals surface area contributed by atoms with Gasteiger partial charge in [0.2, 0.25) is 5.91 Å². The van der Waals surface area contributed by atoms with Gasteiger partial charge in [-0.25, -0.2) is 0 Å². The number of aryl methyl sites for hydroxylation is 1. The molecule has 1 amide bonds. The Morgan fingerprint density at radius 3 is 2.87 bits per heavy atom. The smallest absolute Gasteiger partial charge is 0.241 e. The van der Waals surface area contributed by atoms with Crippen LogP contribution in [-0.4, -0.2) is 40.2 Å². The molecule has 7 heteroatoms. The summed E-state index contributed by atoms with van der Waals surface area (Å²) in [4.78, 5) is 16.2. The molecule has 1 aromatic carbocycles. The van der Waals surface area contributed by atoms with E-state index < -0.39 is 0 Å². The number of piperazine rings is 1.